The lowest BCUT2D eigenvalue weighted by atomic mass is 10.0. The maximum absolute atomic E-state index is 12.2. The van der Waals surface area contributed by atoms with Gasteiger partial charge >= 0.3 is 5.97 Å². The van der Waals surface area contributed by atoms with Gasteiger partial charge in [0.25, 0.3) is 5.91 Å². The molecule has 0 aliphatic carbocycles. The Kier molecular flexibility index (Phi) is 5.53. The molecule has 2 rings (SSSR count). The Hall–Kier alpha value is -3.33. The first-order valence-electron chi connectivity index (χ1n) is 7.20. The Morgan fingerprint density at radius 3 is 2.58 bits per heavy atom. The number of methoxy groups -OCH3 is 1. The Morgan fingerprint density at radius 1 is 1.25 bits per heavy atom. The van der Waals surface area contributed by atoms with Crippen molar-refractivity contribution in [3.63, 3.8) is 0 Å². The van der Waals surface area contributed by atoms with E-state index in [9.17, 15) is 14.7 Å². The lowest BCUT2D eigenvalue weighted by Gasteiger charge is -2.17. The first kappa shape index (κ1) is 17.0. The van der Waals surface area contributed by atoms with Crippen LogP contribution in [-0.2, 0) is 16.0 Å². The fourth-order valence-corrected chi connectivity index (χ4v) is 2.19. The molecule has 0 spiro atoms. The summed E-state index contributed by atoms with van der Waals surface area (Å²) in [7, 11) is 1.24. The minimum absolute atomic E-state index is 0.0457. The average Bonchev–Trinajstić information content (AvgIpc) is 2.61. The number of hydrogen-bond donors (Lipinski definition) is 2. The molecule has 6 nitrogen and oxygen atoms in total. The third-order valence-electron chi connectivity index (χ3n) is 3.42. The van der Waals surface area contributed by atoms with E-state index in [0.717, 1.165) is 5.56 Å². The van der Waals surface area contributed by atoms with Gasteiger partial charge in [-0.15, -0.1) is 0 Å². The number of nitriles is 1. The summed E-state index contributed by atoms with van der Waals surface area (Å²) in [4.78, 5) is 24.2. The van der Waals surface area contributed by atoms with Gasteiger partial charge in [-0.25, -0.2) is 4.79 Å². The summed E-state index contributed by atoms with van der Waals surface area (Å²) in [6.07, 6.45) is 0.200. The molecule has 0 unspecified atom stereocenters. The number of hydrogen-bond acceptors (Lipinski definition) is 5. The van der Waals surface area contributed by atoms with Crippen molar-refractivity contribution in [2.45, 2.75) is 12.5 Å². The minimum Gasteiger partial charge on any atom is -0.508 e. The number of nitrogens with one attached hydrogen (secondary N) is 1. The van der Waals surface area contributed by atoms with E-state index in [2.05, 4.69) is 5.32 Å². The fraction of sp³-hybridized carbons (Fsp3) is 0.167. The maximum atomic E-state index is 12.2. The van der Waals surface area contributed by atoms with Crippen LogP contribution in [0.1, 0.15) is 21.5 Å². The monoisotopic (exact) mass is 324 g/mol. The van der Waals surface area contributed by atoms with E-state index in [-0.39, 0.29) is 12.2 Å². The normalized spacial score (nSPS) is 11.2. The van der Waals surface area contributed by atoms with Crippen molar-refractivity contribution in [1.82, 2.24) is 5.32 Å². The van der Waals surface area contributed by atoms with E-state index in [1.54, 1.807) is 24.3 Å². The summed E-state index contributed by atoms with van der Waals surface area (Å²) in [5, 5.41) is 20.8. The van der Waals surface area contributed by atoms with Gasteiger partial charge in [0.1, 0.15) is 11.8 Å². The van der Waals surface area contributed by atoms with E-state index in [4.69, 9.17) is 10.00 Å². The Balaban J connectivity index is 2.16. The zero-order valence-electron chi connectivity index (χ0n) is 13.0. The molecule has 1 amide bonds. The number of phenols is 1. The molecule has 0 fully saturated rings. The third kappa shape index (κ3) is 4.34. The first-order valence-corrected chi connectivity index (χ1v) is 7.20. The quantitative estimate of drug-likeness (QED) is 0.817. The van der Waals surface area contributed by atoms with Gasteiger partial charge in [-0.3, -0.25) is 4.79 Å². The summed E-state index contributed by atoms with van der Waals surface area (Å²) in [5.41, 5.74) is 1.52. The van der Waals surface area contributed by atoms with E-state index in [0.29, 0.717) is 11.1 Å². The Morgan fingerprint density at radius 2 is 1.96 bits per heavy atom. The summed E-state index contributed by atoms with van der Waals surface area (Å²) in [6, 6.07) is 13.6. The Labute approximate surface area is 139 Å². The molecular formula is C18H16N2O4. The highest BCUT2D eigenvalue weighted by atomic mass is 16.5. The number of rotatable bonds is 5. The number of carbonyl (C=O) groups excluding carboxylic acids is 2. The molecule has 0 saturated heterocycles. The lowest BCUT2D eigenvalue weighted by Crippen LogP contribution is -2.43. The number of aromatic hydroxyl groups is 1. The Bertz CT molecular complexity index is 778. The summed E-state index contributed by atoms with van der Waals surface area (Å²) in [5.74, 6) is -0.990. The van der Waals surface area contributed by atoms with Crippen LogP contribution in [0.3, 0.4) is 0 Å². The largest absolute Gasteiger partial charge is 0.508 e. The molecule has 2 N–H and O–H groups in total. The third-order valence-corrected chi connectivity index (χ3v) is 3.42. The number of benzene rings is 2. The number of esters is 1. The number of nitrogens with zero attached hydrogens (tertiary/aromatic N) is 1. The van der Waals surface area contributed by atoms with Crippen molar-refractivity contribution < 1.29 is 19.4 Å². The van der Waals surface area contributed by atoms with Gasteiger partial charge in [0.15, 0.2) is 0 Å². The number of ether oxygens (including phenoxy) is 1. The SMILES string of the molecule is COC(=O)[C@@H](Cc1cccc(C#N)c1)NC(=O)c1ccc(O)cc1. The van der Waals surface area contributed by atoms with Gasteiger partial charge in [0.2, 0.25) is 0 Å². The second kappa shape index (κ2) is 7.79. The van der Waals surface area contributed by atoms with E-state index < -0.39 is 17.9 Å². The van der Waals surface area contributed by atoms with Crippen molar-refractivity contribution in [1.29, 1.82) is 5.26 Å². The maximum Gasteiger partial charge on any atom is 0.328 e. The minimum atomic E-state index is -0.884. The molecule has 2 aromatic carbocycles. The van der Waals surface area contributed by atoms with Crippen LogP contribution in [0.5, 0.6) is 5.75 Å². The summed E-state index contributed by atoms with van der Waals surface area (Å²) in [6.45, 7) is 0. The number of amides is 1. The van der Waals surface area contributed by atoms with Gasteiger partial charge in [0, 0.05) is 12.0 Å². The van der Waals surface area contributed by atoms with Crippen LogP contribution in [0, 0.1) is 11.3 Å². The number of phenolic OH excluding ortho intramolecular Hbond substituents is 1. The van der Waals surface area contributed by atoms with Gasteiger partial charge in [-0.1, -0.05) is 12.1 Å². The molecule has 0 aromatic heterocycles. The van der Waals surface area contributed by atoms with Crippen LogP contribution >= 0.6 is 0 Å². The zero-order chi connectivity index (χ0) is 17.5. The molecule has 24 heavy (non-hydrogen) atoms. The van der Waals surface area contributed by atoms with Crippen LogP contribution in [0.4, 0.5) is 0 Å². The highest BCUT2D eigenvalue weighted by Gasteiger charge is 2.22. The molecule has 2 aromatic rings. The molecule has 1 atom stereocenters. The van der Waals surface area contributed by atoms with Gasteiger partial charge in [-0.2, -0.15) is 5.26 Å². The molecule has 122 valence electrons. The van der Waals surface area contributed by atoms with Crippen molar-refractivity contribution in [2.75, 3.05) is 7.11 Å². The summed E-state index contributed by atoms with van der Waals surface area (Å²) < 4.78 is 4.74. The zero-order valence-corrected chi connectivity index (χ0v) is 13.0. The molecule has 0 bridgehead atoms. The standard InChI is InChI=1S/C18H16N2O4/c1-24-18(23)16(10-12-3-2-4-13(9-12)11-19)20-17(22)14-5-7-15(21)8-6-14/h2-9,16,21H,10H2,1H3,(H,20,22)/t16-/m1/s1. The van der Waals surface area contributed by atoms with E-state index in [1.807, 2.05) is 6.07 Å². The van der Waals surface area contributed by atoms with Gasteiger partial charge < -0.3 is 15.2 Å². The van der Waals surface area contributed by atoms with Crippen molar-refractivity contribution in [3.8, 4) is 11.8 Å². The first-order chi connectivity index (χ1) is 11.5. The molecule has 0 aliphatic rings. The predicted octanol–water partition coefficient (Wildman–Crippen LogP) is 1.78. The average molecular weight is 324 g/mol. The highest BCUT2D eigenvalue weighted by molar-refractivity contribution is 5.96. The van der Waals surface area contributed by atoms with Crippen molar-refractivity contribution >= 4 is 11.9 Å². The van der Waals surface area contributed by atoms with Crippen LogP contribution in [-0.4, -0.2) is 30.1 Å². The molecule has 0 saturated carbocycles. The molecule has 0 aliphatic heterocycles. The van der Waals surface area contributed by atoms with Crippen molar-refractivity contribution in [2.24, 2.45) is 0 Å². The lowest BCUT2D eigenvalue weighted by molar-refractivity contribution is -0.142. The topological polar surface area (TPSA) is 99.4 Å². The second-order valence-electron chi connectivity index (χ2n) is 5.11. The smallest absolute Gasteiger partial charge is 0.328 e. The van der Waals surface area contributed by atoms with Crippen LogP contribution < -0.4 is 5.32 Å². The predicted molar refractivity (Wildman–Crippen MR) is 86.2 cm³/mol. The van der Waals surface area contributed by atoms with Crippen LogP contribution in [0.2, 0.25) is 0 Å². The van der Waals surface area contributed by atoms with E-state index >= 15 is 0 Å². The molecular weight excluding hydrogens is 308 g/mol. The number of carbonyl (C=O) groups is 2. The van der Waals surface area contributed by atoms with E-state index in [1.165, 1.54) is 31.4 Å². The van der Waals surface area contributed by atoms with Crippen molar-refractivity contribution in [3.05, 3.63) is 65.2 Å². The molecule has 0 radical (unpaired) electrons. The molecule has 6 heteroatoms. The molecule has 0 heterocycles. The van der Waals surface area contributed by atoms with Gasteiger partial charge in [0.05, 0.1) is 18.7 Å². The van der Waals surface area contributed by atoms with Crippen LogP contribution in [0.25, 0.3) is 0 Å². The van der Waals surface area contributed by atoms with Crippen LogP contribution in [0.15, 0.2) is 48.5 Å². The second-order valence-corrected chi connectivity index (χ2v) is 5.11. The highest BCUT2D eigenvalue weighted by Crippen LogP contribution is 2.11. The van der Waals surface area contributed by atoms with Gasteiger partial charge in [-0.05, 0) is 42.0 Å². The summed E-state index contributed by atoms with van der Waals surface area (Å²) >= 11 is 0. The fourth-order valence-electron chi connectivity index (χ4n) is 2.19.